The third-order valence-electron chi connectivity index (χ3n) is 1.97. The molecule has 0 aliphatic heterocycles. The molecule has 1 rings (SSSR count). The van der Waals surface area contributed by atoms with Crippen LogP contribution in [-0.4, -0.2) is 12.5 Å². The van der Waals surface area contributed by atoms with Crippen LogP contribution in [0.15, 0.2) is 30.3 Å². The van der Waals surface area contributed by atoms with Crippen LogP contribution in [0.25, 0.3) is 0 Å². The smallest absolute Gasteiger partial charge is 0.221 e. The molecule has 0 radical (unpaired) electrons. The van der Waals surface area contributed by atoms with Gasteiger partial charge >= 0.3 is 0 Å². The van der Waals surface area contributed by atoms with Gasteiger partial charge in [-0.1, -0.05) is 43.9 Å². The Bertz CT molecular complexity index is 384. The molecular formula is C14H17NO. The second kappa shape index (κ2) is 6.68. The number of benzene rings is 1. The number of carbonyl (C=O) groups excluding carboxylic acids is 1. The highest BCUT2D eigenvalue weighted by molar-refractivity contribution is 5.76. The molecule has 0 fully saturated rings. The Morgan fingerprint density at radius 2 is 2.00 bits per heavy atom. The molecule has 84 valence electrons. The molecule has 1 N–H and O–H groups in total. The molecule has 0 saturated heterocycles. The second-order valence-corrected chi connectivity index (χ2v) is 4.04. The van der Waals surface area contributed by atoms with Crippen molar-refractivity contribution in [3.63, 3.8) is 0 Å². The molecule has 16 heavy (non-hydrogen) atoms. The summed E-state index contributed by atoms with van der Waals surface area (Å²) in [5.41, 5.74) is 0.973. The molecule has 0 unspecified atom stereocenters. The summed E-state index contributed by atoms with van der Waals surface area (Å²) in [4.78, 5) is 11.3. The molecular weight excluding hydrogens is 198 g/mol. The predicted molar refractivity (Wildman–Crippen MR) is 65.8 cm³/mol. The molecule has 0 heterocycles. The Morgan fingerprint density at radius 3 is 2.62 bits per heavy atom. The summed E-state index contributed by atoms with van der Waals surface area (Å²) in [5, 5.41) is 2.77. The maximum Gasteiger partial charge on any atom is 0.221 e. The summed E-state index contributed by atoms with van der Waals surface area (Å²) in [6.07, 6.45) is 0.563. The highest BCUT2D eigenvalue weighted by atomic mass is 16.1. The van der Waals surface area contributed by atoms with Gasteiger partial charge in [0.15, 0.2) is 0 Å². The van der Waals surface area contributed by atoms with Gasteiger partial charge in [-0.05, 0) is 18.1 Å². The van der Waals surface area contributed by atoms with Gasteiger partial charge in [-0.25, -0.2) is 0 Å². The standard InChI is InChI=1S/C14H17NO/c1-12(2)11-14(16)15-10-6-9-13-7-4-3-5-8-13/h3-5,7-8,12H,10-11H2,1-2H3,(H,15,16). The van der Waals surface area contributed by atoms with Crippen LogP contribution < -0.4 is 5.32 Å². The molecule has 0 aromatic heterocycles. The van der Waals surface area contributed by atoms with E-state index >= 15 is 0 Å². The lowest BCUT2D eigenvalue weighted by atomic mass is 10.1. The van der Waals surface area contributed by atoms with Gasteiger partial charge in [0.1, 0.15) is 0 Å². The van der Waals surface area contributed by atoms with Gasteiger partial charge in [0.05, 0.1) is 6.54 Å². The Balaban J connectivity index is 2.31. The van der Waals surface area contributed by atoms with Gasteiger partial charge < -0.3 is 5.32 Å². The van der Waals surface area contributed by atoms with Crippen molar-refractivity contribution in [3.8, 4) is 11.8 Å². The van der Waals surface area contributed by atoms with Crippen LogP contribution in [0.4, 0.5) is 0 Å². The molecule has 0 bridgehead atoms. The molecule has 1 aromatic carbocycles. The molecule has 2 nitrogen and oxygen atoms in total. The van der Waals surface area contributed by atoms with Gasteiger partial charge in [-0.3, -0.25) is 4.79 Å². The minimum atomic E-state index is 0.0670. The topological polar surface area (TPSA) is 29.1 Å². The lowest BCUT2D eigenvalue weighted by molar-refractivity contribution is -0.121. The normalized spacial score (nSPS) is 9.44. The predicted octanol–water partition coefficient (Wildman–Crippen LogP) is 2.20. The molecule has 0 atom stereocenters. The van der Waals surface area contributed by atoms with Crippen molar-refractivity contribution in [1.29, 1.82) is 0 Å². The Morgan fingerprint density at radius 1 is 1.31 bits per heavy atom. The second-order valence-electron chi connectivity index (χ2n) is 4.04. The molecule has 2 heteroatoms. The van der Waals surface area contributed by atoms with Crippen LogP contribution in [0.5, 0.6) is 0 Å². The first-order valence-electron chi connectivity index (χ1n) is 5.49. The fourth-order valence-electron chi connectivity index (χ4n) is 1.25. The number of amides is 1. The quantitative estimate of drug-likeness (QED) is 0.769. The molecule has 0 spiro atoms. The van der Waals surface area contributed by atoms with Crippen molar-refractivity contribution in [2.75, 3.05) is 6.54 Å². The van der Waals surface area contributed by atoms with Crippen molar-refractivity contribution in [3.05, 3.63) is 35.9 Å². The zero-order valence-corrected chi connectivity index (χ0v) is 9.79. The van der Waals surface area contributed by atoms with Crippen molar-refractivity contribution in [2.24, 2.45) is 5.92 Å². The molecule has 1 aromatic rings. The van der Waals surface area contributed by atoms with E-state index in [4.69, 9.17) is 0 Å². The summed E-state index contributed by atoms with van der Waals surface area (Å²) in [5.74, 6) is 6.37. The Labute approximate surface area is 97.1 Å². The minimum absolute atomic E-state index is 0.0670. The van der Waals surface area contributed by atoms with E-state index < -0.39 is 0 Å². The van der Waals surface area contributed by atoms with E-state index in [2.05, 4.69) is 17.2 Å². The fourth-order valence-corrected chi connectivity index (χ4v) is 1.25. The lowest BCUT2D eigenvalue weighted by Crippen LogP contribution is -2.24. The third-order valence-corrected chi connectivity index (χ3v) is 1.97. The highest BCUT2D eigenvalue weighted by Crippen LogP contribution is 1.97. The van der Waals surface area contributed by atoms with Crippen LogP contribution in [-0.2, 0) is 4.79 Å². The summed E-state index contributed by atoms with van der Waals surface area (Å²) in [6.45, 7) is 4.46. The zero-order chi connectivity index (χ0) is 11.8. The summed E-state index contributed by atoms with van der Waals surface area (Å²) >= 11 is 0. The van der Waals surface area contributed by atoms with Crippen molar-refractivity contribution in [2.45, 2.75) is 20.3 Å². The van der Waals surface area contributed by atoms with Gasteiger partial charge in [-0.15, -0.1) is 0 Å². The lowest BCUT2D eigenvalue weighted by Gasteiger charge is -2.03. The minimum Gasteiger partial charge on any atom is -0.345 e. The number of nitrogens with one attached hydrogen (secondary N) is 1. The van der Waals surface area contributed by atoms with Crippen LogP contribution in [0, 0.1) is 17.8 Å². The maximum absolute atomic E-state index is 11.3. The van der Waals surface area contributed by atoms with E-state index in [0.717, 1.165) is 5.56 Å². The van der Waals surface area contributed by atoms with Crippen LogP contribution in [0.3, 0.4) is 0 Å². The van der Waals surface area contributed by atoms with E-state index in [9.17, 15) is 4.79 Å². The van der Waals surface area contributed by atoms with Gasteiger partial charge in [0.2, 0.25) is 5.91 Å². The van der Waals surface area contributed by atoms with Gasteiger partial charge in [-0.2, -0.15) is 0 Å². The molecule has 0 saturated carbocycles. The first kappa shape index (κ1) is 12.3. The number of rotatable bonds is 3. The van der Waals surface area contributed by atoms with Crippen LogP contribution >= 0.6 is 0 Å². The monoisotopic (exact) mass is 215 g/mol. The Kier molecular flexibility index (Phi) is 5.15. The molecule has 0 aliphatic rings. The maximum atomic E-state index is 11.3. The van der Waals surface area contributed by atoms with Crippen LogP contribution in [0.2, 0.25) is 0 Å². The number of carbonyl (C=O) groups is 1. The summed E-state index contributed by atoms with van der Waals surface area (Å²) < 4.78 is 0. The van der Waals surface area contributed by atoms with Crippen molar-refractivity contribution < 1.29 is 4.79 Å². The van der Waals surface area contributed by atoms with Crippen molar-refractivity contribution >= 4 is 5.91 Å². The van der Waals surface area contributed by atoms with Crippen molar-refractivity contribution in [1.82, 2.24) is 5.32 Å². The third kappa shape index (κ3) is 5.21. The first-order valence-corrected chi connectivity index (χ1v) is 5.49. The SMILES string of the molecule is CC(C)CC(=O)NCC#Cc1ccccc1. The van der Waals surface area contributed by atoms with E-state index in [1.807, 2.05) is 44.2 Å². The Hall–Kier alpha value is -1.75. The molecule has 0 aliphatic carbocycles. The van der Waals surface area contributed by atoms with E-state index in [0.29, 0.717) is 18.9 Å². The van der Waals surface area contributed by atoms with Crippen LogP contribution in [0.1, 0.15) is 25.8 Å². The summed E-state index contributed by atoms with van der Waals surface area (Å²) in [6, 6.07) is 9.74. The first-order chi connectivity index (χ1) is 7.68. The fraction of sp³-hybridized carbons (Fsp3) is 0.357. The van der Waals surface area contributed by atoms with Gasteiger partial charge in [0, 0.05) is 12.0 Å². The number of hydrogen-bond acceptors (Lipinski definition) is 1. The van der Waals surface area contributed by atoms with E-state index in [1.165, 1.54) is 0 Å². The highest BCUT2D eigenvalue weighted by Gasteiger charge is 2.01. The summed E-state index contributed by atoms with van der Waals surface area (Å²) in [7, 11) is 0. The largest absolute Gasteiger partial charge is 0.345 e. The van der Waals surface area contributed by atoms with Gasteiger partial charge in [0.25, 0.3) is 0 Å². The average Bonchev–Trinajstić information content (AvgIpc) is 2.25. The van der Waals surface area contributed by atoms with E-state index in [1.54, 1.807) is 0 Å². The number of hydrogen-bond donors (Lipinski definition) is 1. The van der Waals surface area contributed by atoms with E-state index in [-0.39, 0.29) is 5.91 Å². The molecule has 1 amide bonds. The zero-order valence-electron chi connectivity index (χ0n) is 9.79. The average molecular weight is 215 g/mol.